The van der Waals surface area contributed by atoms with Crippen molar-refractivity contribution in [1.82, 2.24) is 5.32 Å². The average molecular weight is 224 g/mol. The van der Waals surface area contributed by atoms with Crippen molar-refractivity contribution in [3.8, 4) is 12.4 Å². The van der Waals surface area contributed by atoms with Crippen molar-refractivity contribution < 1.29 is 18.4 Å². The number of halogens is 1. The molecule has 1 N–H and O–H groups in total. The molecule has 1 saturated heterocycles. The topological polar surface area (TPSA) is 108 Å². The molecule has 0 aliphatic carbocycles. The minimum Gasteiger partial charge on any atom is -0.496 e. The molecular weight excluding hydrogens is 218 g/mol. The zero-order valence-electron chi connectivity index (χ0n) is 8.23. The van der Waals surface area contributed by atoms with E-state index in [1.165, 1.54) is 19.3 Å². The van der Waals surface area contributed by atoms with Crippen molar-refractivity contribution in [2.75, 3.05) is 6.61 Å². The van der Waals surface area contributed by atoms with Crippen molar-refractivity contribution in [3.05, 3.63) is 0 Å². The minimum atomic E-state index is -2.07. The predicted molar refractivity (Wildman–Crippen MR) is 48.8 cm³/mol. The normalized spacial score (nSPS) is 26.5. The van der Waals surface area contributed by atoms with Crippen LogP contribution in [0.25, 0.3) is 0 Å². The molecule has 1 amide bonds. The number of aliphatic imine (C=N–C) groups is 1. The summed E-state index contributed by atoms with van der Waals surface area (Å²) in [4.78, 5) is 14.7. The Morgan fingerprint density at radius 2 is 2.44 bits per heavy atom. The van der Waals surface area contributed by atoms with Gasteiger partial charge < -0.3 is 9.31 Å². The van der Waals surface area contributed by atoms with Gasteiger partial charge in [0.05, 0.1) is 6.61 Å². The van der Waals surface area contributed by atoms with E-state index >= 15 is 0 Å². The van der Waals surface area contributed by atoms with Crippen LogP contribution in [0.15, 0.2) is 4.99 Å². The molecule has 1 atom stereocenters. The molecule has 82 valence electrons. The van der Waals surface area contributed by atoms with E-state index in [-0.39, 0.29) is 6.61 Å². The SMILES string of the molecule is CC1(C(=O)NC#N)COB(F)OC1=NC#N. The fraction of sp³-hybridized carbons (Fsp3) is 0.429. The lowest BCUT2D eigenvalue weighted by molar-refractivity contribution is -0.128. The molecule has 1 heterocycles. The van der Waals surface area contributed by atoms with Crippen LogP contribution in [0, 0.1) is 28.3 Å². The van der Waals surface area contributed by atoms with E-state index in [1.54, 1.807) is 0 Å². The van der Waals surface area contributed by atoms with Crippen LogP contribution in [0.3, 0.4) is 0 Å². The van der Waals surface area contributed by atoms with Crippen molar-refractivity contribution in [2.45, 2.75) is 6.92 Å². The van der Waals surface area contributed by atoms with Crippen LogP contribution in [-0.4, -0.2) is 25.8 Å². The summed E-state index contributed by atoms with van der Waals surface area (Å²) in [7, 11) is -2.07. The molecular formula is C7H6BFN4O3. The fourth-order valence-corrected chi connectivity index (χ4v) is 1.09. The van der Waals surface area contributed by atoms with Crippen LogP contribution in [0.2, 0.25) is 0 Å². The highest BCUT2D eigenvalue weighted by Crippen LogP contribution is 2.26. The summed E-state index contributed by atoms with van der Waals surface area (Å²) in [5.74, 6) is -1.20. The number of hydrogen-bond acceptors (Lipinski definition) is 6. The molecule has 0 aromatic rings. The van der Waals surface area contributed by atoms with Crippen LogP contribution in [0.4, 0.5) is 4.32 Å². The average Bonchev–Trinajstić information content (AvgIpc) is 2.24. The first-order valence-electron chi connectivity index (χ1n) is 4.13. The van der Waals surface area contributed by atoms with Gasteiger partial charge in [-0.3, -0.25) is 10.1 Å². The van der Waals surface area contributed by atoms with Crippen LogP contribution < -0.4 is 5.32 Å². The maximum atomic E-state index is 12.7. The maximum absolute atomic E-state index is 12.7. The van der Waals surface area contributed by atoms with Gasteiger partial charge >= 0.3 is 7.40 Å². The summed E-state index contributed by atoms with van der Waals surface area (Å²) in [6, 6.07) is 0. The third-order valence-electron chi connectivity index (χ3n) is 2.00. The zero-order chi connectivity index (χ0) is 12.2. The first-order chi connectivity index (χ1) is 7.54. The molecule has 1 aliphatic heterocycles. The van der Waals surface area contributed by atoms with Gasteiger partial charge in [0.25, 0.3) is 5.91 Å². The number of nitrogens with zero attached hydrogens (tertiary/aromatic N) is 3. The van der Waals surface area contributed by atoms with Gasteiger partial charge in [-0.1, -0.05) is 0 Å². The number of amides is 1. The van der Waals surface area contributed by atoms with Crippen molar-refractivity contribution in [2.24, 2.45) is 10.4 Å². The quantitative estimate of drug-likeness (QED) is 0.366. The number of carbonyl (C=O) groups is 1. The smallest absolute Gasteiger partial charge is 0.496 e. The van der Waals surface area contributed by atoms with Crippen LogP contribution in [-0.2, 0) is 14.1 Å². The lowest BCUT2D eigenvalue weighted by Crippen LogP contribution is -2.53. The summed E-state index contributed by atoms with van der Waals surface area (Å²) in [5.41, 5.74) is -1.49. The Bertz CT molecular complexity index is 415. The van der Waals surface area contributed by atoms with E-state index < -0.39 is 24.6 Å². The van der Waals surface area contributed by atoms with Crippen LogP contribution in [0.5, 0.6) is 0 Å². The van der Waals surface area contributed by atoms with Gasteiger partial charge in [-0.25, -0.2) is 4.32 Å². The summed E-state index contributed by atoms with van der Waals surface area (Å²) in [6.07, 6.45) is 2.81. The third-order valence-corrected chi connectivity index (χ3v) is 2.00. The molecule has 9 heteroatoms. The first-order valence-corrected chi connectivity index (χ1v) is 4.13. The monoisotopic (exact) mass is 224 g/mol. The van der Waals surface area contributed by atoms with Crippen molar-refractivity contribution in [3.63, 3.8) is 0 Å². The standard InChI is InChI=1S/C7H6BFN4O3/c1-7(5(14)12-3-10)2-15-8(9)16-6(7)13-4-11/h2H2,1H3,(H,12,14). The second-order valence-electron chi connectivity index (χ2n) is 3.12. The number of nitriles is 2. The predicted octanol–water partition coefficient (Wildman–Crippen LogP) is -0.529. The van der Waals surface area contributed by atoms with Crippen molar-refractivity contribution >= 4 is 19.2 Å². The highest BCUT2D eigenvalue weighted by Gasteiger charge is 2.49. The highest BCUT2D eigenvalue weighted by molar-refractivity contribution is 6.40. The Balaban J connectivity index is 3.01. The largest absolute Gasteiger partial charge is 0.755 e. The van der Waals surface area contributed by atoms with E-state index in [0.29, 0.717) is 0 Å². The van der Waals surface area contributed by atoms with Gasteiger partial charge in [0.15, 0.2) is 6.19 Å². The highest BCUT2D eigenvalue weighted by atomic mass is 19.1. The molecule has 0 saturated carbocycles. The summed E-state index contributed by atoms with van der Waals surface area (Å²) >= 11 is 0. The molecule has 1 aliphatic rings. The molecule has 0 aromatic carbocycles. The first kappa shape index (κ1) is 11.9. The van der Waals surface area contributed by atoms with Gasteiger partial charge in [-0.2, -0.15) is 10.5 Å². The number of carbonyl (C=O) groups excluding carboxylic acids is 1. The molecule has 0 spiro atoms. The maximum Gasteiger partial charge on any atom is 0.755 e. The summed E-state index contributed by atoms with van der Waals surface area (Å²) < 4.78 is 21.7. The Hall–Kier alpha value is -2.13. The summed E-state index contributed by atoms with van der Waals surface area (Å²) in [6.45, 7) is 0.948. The van der Waals surface area contributed by atoms with Crippen LogP contribution >= 0.6 is 0 Å². The number of rotatable bonds is 1. The third kappa shape index (κ3) is 2.10. The lowest BCUT2D eigenvalue weighted by Gasteiger charge is -2.31. The summed E-state index contributed by atoms with van der Waals surface area (Å²) in [5, 5.41) is 18.5. The zero-order valence-corrected chi connectivity index (χ0v) is 8.23. The van der Waals surface area contributed by atoms with Gasteiger partial charge in [0, 0.05) is 0 Å². The number of nitrogens with one attached hydrogen (secondary N) is 1. The minimum absolute atomic E-state index is 0.373. The van der Waals surface area contributed by atoms with Crippen molar-refractivity contribution in [1.29, 1.82) is 10.5 Å². The second kappa shape index (κ2) is 4.60. The Labute approximate surface area is 90.6 Å². The van der Waals surface area contributed by atoms with Gasteiger partial charge in [0.2, 0.25) is 12.1 Å². The molecule has 1 unspecified atom stereocenters. The van der Waals surface area contributed by atoms with E-state index in [0.717, 1.165) is 0 Å². The number of hydrogen-bond donors (Lipinski definition) is 1. The molecule has 0 bridgehead atoms. The van der Waals surface area contributed by atoms with E-state index in [2.05, 4.69) is 14.3 Å². The van der Waals surface area contributed by atoms with E-state index in [1.807, 2.05) is 5.32 Å². The van der Waals surface area contributed by atoms with Gasteiger partial charge in [-0.05, 0) is 6.92 Å². The molecule has 0 aromatic heterocycles. The van der Waals surface area contributed by atoms with E-state index in [4.69, 9.17) is 10.5 Å². The van der Waals surface area contributed by atoms with E-state index in [9.17, 15) is 9.11 Å². The molecule has 7 nitrogen and oxygen atoms in total. The molecule has 0 radical (unpaired) electrons. The fourth-order valence-electron chi connectivity index (χ4n) is 1.09. The van der Waals surface area contributed by atoms with Gasteiger partial charge in [-0.15, -0.1) is 4.99 Å². The second-order valence-corrected chi connectivity index (χ2v) is 3.12. The lowest BCUT2D eigenvalue weighted by atomic mass is 9.87. The Morgan fingerprint density at radius 1 is 1.75 bits per heavy atom. The Morgan fingerprint density at radius 3 is 3.00 bits per heavy atom. The molecule has 1 rings (SSSR count). The Kier molecular flexibility index (Phi) is 3.43. The van der Waals surface area contributed by atoms with Gasteiger partial charge in [0.1, 0.15) is 5.41 Å². The van der Waals surface area contributed by atoms with Crippen LogP contribution in [0.1, 0.15) is 6.92 Å². The molecule has 1 fully saturated rings. The molecule has 16 heavy (non-hydrogen) atoms.